The maximum atomic E-state index is 2.32. The molecule has 116 valence electrons. The largest absolute Gasteiger partial charge is 0.153 e. The van der Waals surface area contributed by atoms with Crippen LogP contribution < -0.4 is 0 Å². The molecular formula is C17H38P2. The Morgan fingerprint density at radius 2 is 1.21 bits per heavy atom. The zero-order valence-corrected chi connectivity index (χ0v) is 15.9. The Bertz CT molecular complexity index is 164. The van der Waals surface area contributed by atoms with Gasteiger partial charge in [-0.2, -0.15) is 9.90 Å². The lowest BCUT2D eigenvalue weighted by molar-refractivity contribution is 0.691. The van der Waals surface area contributed by atoms with Crippen LogP contribution in [0.5, 0.6) is 0 Å². The van der Waals surface area contributed by atoms with Gasteiger partial charge in [0.05, 0.1) is 0 Å². The molecule has 2 heteroatoms. The maximum Gasteiger partial charge on any atom is -0.0209 e. The zero-order chi connectivity index (χ0) is 13.1. The Balaban J connectivity index is 0.00000324. The Kier molecular flexibility index (Phi) is 14.5. The molecular weight excluding hydrogens is 266 g/mol. The van der Waals surface area contributed by atoms with E-state index in [1.807, 2.05) is 0 Å². The van der Waals surface area contributed by atoms with Gasteiger partial charge in [-0.25, -0.2) is 0 Å². The summed E-state index contributed by atoms with van der Waals surface area (Å²) in [5.74, 6) is 0. The van der Waals surface area contributed by atoms with Gasteiger partial charge >= 0.3 is 0 Å². The highest BCUT2D eigenvalue weighted by atomic mass is 31.1. The van der Waals surface area contributed by atoms with Crippen LogP contribution in [0.1, 0.15) is 90.9 Å². The lowest BCUT2D eigenvalue weighted by atomic mass is 10.2. The second kappa shape index (κ2) is 13.8. The minimum absolute atomic E-state index is 0. The molecule has 0 bridgehead atoms. The summed E-state index contributed by atoms with van der Waals surface area (Å²) < 4.78 is 0. The van der Waals surface area contributed by atoms with Gasteiger partial charge < -0.3 is 0 Å². The summed E-state index contributed by atoms with van der Waals surface area (Å²) in [6.07, 6.45) is 21.2. The predicted molar refractivity (Wildman–Crippen MR) is 98.3 cm³/mol. The summed E-state index contributed by atoms with van der Waals surface area (Å²) in [7, 11) is 0.405. The molecule has 0 nitrogen and oxygen atoms in total. The van der Waals surface area contributed by atoms with Crippen molar-refractivity contribution in [2.24, 2.45) is 0 Å². The van der Waals surface area contributed by atoms with Crippen molar-refractivity contribution < 1.29 is 0 Å². The number of hydrogen-bond donors (Lipinski definition) is 0. The van der Waals surface area contributed by atoms with Crippen LogP contribution in [-0.4, -0.2) is 18.0 Å². The topological polar surface area (TPSA) is 0 Å². The molecule has 0 spiro atoms. The molecule has 0 N–H and O–H groups in total. The third-order valence-electron chi connectivity index (χ3n) is 4.44. The van der Waals surface area contributed by atoms with Crippen LogP contribution in [-0.2, 0) is 0 Å². The Morgan fingerprint density at radius 3 is 1.63 bits per heavy atom. The highest BCUT2D eigenvalue weighted by molar-refractivity contribution is 7.58. The van der Waals surface area contributed by atoms with Crippen molar-refractivity contribution in [3.8, 4) is 0 Å². The molecule has 1 saturated carbocycles. The molecule has 1 aliphatic carbocycles. The van der Waals surface area contributed by atoms with Crippen molar-refractivity contribution in [1.29, 1.82) is 0 Å². The smallest absolute Gasteiger partial charge is 0.0209 e. The third kappa shape index (κ3) is 9.42. The molecule has 0 aromatic heterocycles. The molecule has 1 aliphatic rings. The van der Waals surface area contributed by atoms with Crippen molar-refractivity contribution in [3.63, 3.8) is 0 Å². The highest BCUT2D eigenvalue weighted by Gasteiger charge is 2.23. The fourth-order valence-corrected chi connectivity index (χ4v) is 6.54. The van der Waals surface area contributed by atoms with Gasteiger partial charge in [-0.05, 0) is 43.7 Å². The Labute approximate surface area is 127 Å². The van der Waals surface area contributed by atoms with Crippen LogP contribution in [0.15, 0.2) is 0 Å². The second-order valence-electron chi connectivity index (χ2n) is 6.10. The summed E-state index contributed by atoms with van der Waals surface area (Å²) in [5, 5.41) is 0. The van der Waals surface area contributed by atoms with Gasteiger partial charge in [0.1, 0.15) is 0 Å². The summed E-state index contributed by atoms with van der Waals surface area (Å²) >= 11 is 0. The first-order chi connectivity index (χ1) is 8.88. The van der Waals surface area contributed by atoms with E-state index in [9.17, 15) is 0 Å². The average Bonchev–Trinajstić information content (AvgIpc) is 2.91. The molecule has 1 atom stereocenters. The third-order valence-corrected chi connectivity index (χ3v) is 7.77. The molecule has 0 heterocycles. The minimum Gasteiger partial charge on any atom is -0.153 e. The molecule has 19 heavy (non-hydrogen) atoms. The Morgan fingerprint density at radius 1 is 0.737 bits per heavy atom. The van der Waals surface area contributed by atoms with Gasteiger partial charge in [0, 0.05) is 0 Å². The van der Waals surface area contributed by atoms with E-state index in [0.717, 1.165) is 0 Å². The van der Waals surface area contributed by atoms with Crippen LogP contribution in [0.3, 0.4) is 0 Å². The zero-order valence-electron chi connectivity index (χ0n) is 13.6. The van der Waals surface area contributed by atoms with E-state index in [0.29, 0.717) is 7.92 Å². The molecule has 0 aliphatic heterocycles. The second-order valence-corrected chi connectivity index (χ2v) is 8.90. The van der Waals surface area contributed by atoms with Crippen molar-refractivity contribution in [1.82, 2.24) is 0 Å². The van der Waals surface area contributed by atoms with E-state index in [1.165, 1.54) is 69.9 Å². The summed E-state index contributed by atoms with van der Waals surface area (Å²) in [6.45, 7) is 4.65. The SMILES string of the molecule is CCCCCCP(CCCCCC)C1CCCC1.P. The van der Waals surface area contributed by atoms with Crippen molar-refractivity contribution >= 4 is 17.8 Å². The van der Waals surface area contributed by atoms with Crippen LogP contribution >= 0.6 is 17.8 Å². The van der Waals surface area contributed by atoms with E-state index in [2.05, 4.69) is 13.8 Å². The Hall–Kier alpha value is 0.860. The van der Waals surface area contributed by atoms with Crippen LogP contribution in [0.4, 0.5) is 0 Å². The quantitative estimate of drug-likeness (QED) is 0.297. The molecule has 0 radical (unpaired) electrons. The first kappa shape index (κ1) is 19.9. The van der Waals surface area contributed by atoms with Crippen molar-refractivity contribution in [2.45, 2.75) is 96.6 Å². The number of unbranched alkanes of at least 4 members (excludes halogenated alkanes) is 6. The lowest BCUT2D eigenvalue weighted by Crippen LogP contribution is -2.05. The predicted octanol–water partition coefficient (Wildman–Crippen LogP) is 6.63. The average molecular weight is 304 g/mol. The van der Waals surface area contributed by atoms with Crippen molar-refractivity contribution in [2.75, 3.05) is 12.3 Å². The van der Waals surface area contributed by atoms with Gasteiger partial charge in [-0.1, -0.05) is 65.2 Å². The number of hydrogen-bond acceptors (Lipinski definition) is 0. The standard InChI is InChI=1S/C17H35P.H3P/c1-3-5-7-11-15-18(16-12-8-6-4-2)17-13-9-10-14-17;/h17H,3-16H2,1-2H3;1H3. The monoisotopic (exact) mass is 304 g/mol. The van der Waals surface area contributed by atoms with Crippen LogP contribution in [0.25, 0.3) is 0 Å². The van der Waals surface area contributed by atoms with Gasteiger partial charge in [-0.3, -0.25) is 0 Å². The fraction of sp³-hybridized carbons (Fsp3) is 1.00. The first-order valence-electron chi connectivity index (χ1n) is 8.62. The molecule has 0 saturated heterocycles. The van der Waals surface area contributed by atoms with Crippen molar-refractivity contribution in [3.05, 3.63) is 0 Å². The normalized spacial score (nSPS) is 15.9. The van der Waals surface area contributed by atoms with Crippen LogP contribution in [0, 0.1) is 0 Å². The van der Waals surface area contributed by atoms with E-state index >= 15 is 0 Å². The van der Waals surface area contributed by atoms with E-state index < -0.39 is 0 Å². The molecule has 1 fully saturated rings. The summed E-state index contributed by atoms with van der Waals surface area (Å²) in [6, 6.07) is 0. The molecule has 1 unspecified atom stereocenters. The van der Waals surface area contributed by atoms with Gasteiger partial charge in [0.25, 0.3) is 0 Å². The molecule has 0 amide bonds. The highest BCUT2D eigenvalue weighted by Crippen LogP contribution is 2.50. The lowest BCUT2D eigenvalue weighted by Gasteiger charge is -2.24. The van der Waals surface area contributed by atoms with E-state index in [1.54, 1.807) is 25.2 Å². The first-order valence-corrected chi connectivity index (χ1v) is 10.4. The maximum absolute atomic E-state index is 2.32. The minimum atomic E-state index is 0. The van der Waals surface area contributed by atoms with Gasteiger partial charge in [0.15, 0.2) is 0 Å². The summed E-state index contributed by atoms with van der Waals surface area (Å²) in [5.41, 5.74) is 1.17. The molecule has 0 aromatic carbocycles. The van der Waals surface area contributed by atoms with E-state index in [-0.39, 0.29) is 9.90 Å². The van der Waals surface area contributed by atoms with Gasteiger partial charge in [0.2, 0.25) is 0 Å². The fourth-order valence-electron chi connectivity index (χ4n) is 3.23. The molecule has 0 aromatic rings. The molecule has 1 rings (SSSR count). The number of rotatable bonds is 11. The van der Waals surface area contributed by atoms with E-state index in [4.69, 9.17) is 0 Å². The van der Waals surface area contributed by atoms with Crippen LogP contribution in [0.2, 0.25) is 0 Å². The summed E-state index contributed by atoms with van der Waals surface area (Å²) in [4.78, 5) is 0. The van der Waals surface area contributed by atoms with Gasteiger partial charge in [-0.15, -0.1) is 7.92 Å².